The maximum atomic E-state index is 2.64. The van der Waals surface area contributed by atoms with Gasteiger partial charge in [0, 0.05) is 182 Å². The topological polar surface area (TPSA) is 0 Å². The zero-order chi connectivity index (χ0) is 32.4. The van der Waals surface area contributed by atoms with Gasteiger partial charge >= 0.3 is 0 Å². The second-order valence-corrected chi connectivity index (χ2v) is 14.8. The average Bonchev–Trinajstić information content (AvgIpc) is 3.02. The van der Waals surface area contributed by atoms with E-state index < -0.39 is 0 Å². The van der Waals surface area contributed by atoms with Gasteiger partial charge in [0.05, 0.1) is 116 Å². The Morgan fingerprint density at radius 2 is 0.452 bits per heavy atom. The molecule has 0 fully saturated rings. The van der Waals surface area contributed by atoms with Crippen molar-refractivity contribution in [1.82, 2.24) is 0 Å². The summed E-state index contributed by atoms with van der Waals surface area (Å²) in [5.41, 5.74) is 0. The van der Waals surface area contributed by atoms with Crippen LogP contribution in [0.25, 0.3) is 0 Å². The summed E-state index contributed by atoms with van der Waals surface area (Å²) >= 11 is 0. The third kappa shape index (κ3) is 12.0. The number of rotatable bonds is 26. The minimum Gasteiger partial charge on any atom is 0.000505 e. The molecule has 0 aliphatic heterocycles. The highest BCUT2D eigenvalue weighted by molar-refractivity contribution is 8.29. The van der Waals surface area contributed by atoms with E-state index >= 15 is 0 Å². The Bertz CT molecular complexity index is 571. The van der Waals surface area contributed by atoms with Crippen molar-refractivity contribution < 1.29 is 0 Å². The molecule has 0 radical (unpaired) electrons. The predicted octanol–water partition coefficient (Wildman–Crippen LogP) is -27.8. The van der Waals surface area contributed by atoms with Crippen LogP contribution in [0.5, 0.6) is 0 Å². The SMILES string of the molecule is BBB(B)B(BB)B(B(BB)B(BB)BB)B(B(BB)B(BB)BB)B(B(BB)B(BB)BB)B(BB)B(BB)BB. The lowest BCUT2D eigenvalue weighted by molar-refractivity contribution is 3.24. The highest BCUT2D eigenvalue weighted by Gasteiger charge is 2.55. The molecule has 0 aromatic rings. The molecule has 0 unspecified atom stereocenters. The van der Waals surface area contributed by atoms with Gasteiger partial charge in [-0.2, -0.15) is 0 Å². The molecule has 0 saturated carbocycles. The molecule has 0 aliphatic rings. The molecule has 0 aromatic carbocycles. The van der Waals surface area contributed by atoms with Crippen molar-refractivity contribution >= 4 is 298 Å². The van der Waals surface area contributed by atoms with Crippen LogP contribution in [0.3, 0.4) is 0 Å². The van der Waals surface area contributed by atoms with E-state index in [1.165, 1.54) is 98.9 Å². The molecule has 170 valence electrons. The molecule has 0 amide bonds. The Morgan fingerprint density at radius 3 is 0.643 bits per heavy atom. The van der Waals surface area contributed by atoms with Crippen LogP contribution in [-0.2, 0) is 0 Å². The van der Waals surface area contributed by atoms with Crippen LogP contribution >= 0.6 is 0 Å². The predicted molar refractivity (Wildman–Crippen MR) is 303 cm³/mol. The largest absolute Gasteiger partial charge is 0.0594 e. The quantitative estimate of drug-likeness (QED) is 0.104. The van der Waals surface area contributed by atoms with Crippen molar-refractivity contribution in [3.05, 3.63) is 0 Å². The minimum atomic E-state index is 0.812. The molecule has 0 saturated heterocycles. The molecular weight excluding hydrogens is 454 g/mol. The van der Waals surface area contributed by atoms with Gasteiger partial charge in [-0.3, -0.25) is 0 Å². The molecular formula is H44B42. The molecule has 0 aromatic heterocycles. The lowest BCUT2D eigenvalue weighted by Crippen LogP contribution is -2.90. The molecule has 0 spiro atoms. The zero-order valence-electron chi connectivity index (χ0n) is 32.4. The fourth-order valence-electron chi connectivity index (χ4n) is 11.2. The van der Waals surface area contributed by atoms with E-state index in [2.05, 4.69) is 116 Å². The smallest absolute Gasteiger partial charge is 0.000505 e. The van der Waals surface area contributed by atoms with Gasteiger partial charge < -0.3 is 0 Å². The zero-order valence-corrected chi connectivity index (χ0v) is 32.4. The summed E-state index contributed by atoms with van der Waals surface area (Å²) in [6.45, 7) is 0. The molecule has 0 atom stereocenters. The summed E-state index contributed by atoms with van der Waals surface area (Å²) in [5, 5.41) is 0. The number of hydrogen-bond donors (Lipinski definition) is 0. The van der Waals surface area contributed by atoms with Crippen molar-refractivity contribution in [3.63, 3.8) is 0 Å². The number of hydrogen-bond acceptors (Lipinski definition) is 0. The lowest BCUT2D eigenvalue weighted by atomic mass is 8.30. The Balaban J connectivity index is 8.17. The summed E-state index contributed by atoms with van der Waals surface area (Å²) in [6, 6.07) is 0. The first-order valence-electron chi connectivity index (χ1n) is 20.2. The van der Waals surface area contributed by atoms with Gasteiger partial charge in [-0.15, -0.1) is 0 Å². The van der Waals surface area contributed by atoms with Gasteiger partial charge in [-0.1, -0.05) is 0 Å². The van der Waals surface area contributed by atoms with Crippen LogP contribution in [0.4, 0.5) is 0 Å². The van der Waals surface area contributed by atoms with Crippen LogP contribution in [0, 0.1) is 0 Å². The standard InChI is InChI=1S/B42H44/c1-16-30(15)35(25-10)40(36(26-11)31(17-2)18-3)42(39(29-14)34(23-8)24-9)41(37(27-12)32(19-4)20-5)38(28-13)33(21-6)22-7/h16-29H,1-15H2. The normalized spacial score (nSPS) is 8.95. The monoisotopic (exact) mass is 507 g/mol. The molecule has 0 N–H and O–H groups in total. The first-order valence-corrected chi connectivity index (χ1v) is 20.2. The van der Waals surface area contributed by atoms with E-state index in [9.17, 15) is 0 Å². The molecule has 0 aliphatic carbocycles. The Kier molecular flexibility index (Phi) is 27.4. The molecule has 42 heavy (non-hydrogen) atoms. The second kappa shape index (κ2) is 25.7. The summed E-state index contributed by atoms with van der Waals surface area (Å²) < 4.78 is 0. The lowest BCUT2D eigenvalue weighted by Gasteiger charge is -2.51. The molecule has 42 heteroatoms. The fourth-order valence-corrected chi connectivity index (χ4v) is 11.2. The van der Waals surface area contributed by atoms with Gasteiger partial charge in [-0.05, 0) is 0 Å². The van der Waals surface area contributed by atoms with Crippen molar-refractivity contribution in [2.24, 2.45) is 0 Å². The van der Waals surface area contributed by atoms with Crippen LogP contribution in [0.15, 0.2) is 0 Å². The highest BCUT2D eigenvalue weighted by atomic mass is 13.4. The first kappa shape index (κ1) is 44.7. The van der Waals surface area contributed by atoms with Crippen LogP contribution in [0.2, 0.25) is 0 Å². The molecule has 0 rings (SSSR count). The highest BCUT2D eigenvalue weighted by Crippen LogP contribution is 2.16. The first-order chi connectivity index (χ1) is 20.2. The van der Waals surface area contributed by atoms with Crippen LogP contribution in [-0.4, -0.2) is 298 Å². The van der Waals surface area contributed by atoms with E-state index in [4.69, 9.17) is 0 Å². The van der Waals surface area contributed by atoms with Crippen molar-refractivity contribution in [2.45, 2.75) is 0 Å². The van der Waals surface area contributed by atoms with E-state index in [1.54, 1.807) is 0 Å². The summed E-state index contributed by atoms with van der Waals surface area (Å²) in [7, 11) is 57.3. The summed E-state index contributed by atoms with van der Waals surface area (Å²) in [4.78, 5) is 0. The molecule has 0 nitrogen and oxygen atoms in total. The second-order valence-electron chi connectivity index (χ2n) is 14.8. The van der Waals surface area contributed by atoms with E-state index in [1.807, 2.05) is 0 Å². The Morgan fingerprint density at radius 1 is 0.238 bits per heavy atom. The van der Waals surface area contributed by atoms with E-state index in [0.717, 1.165) is 83.0 Å². The van der Waals surface area contributed by atoms with Gasteiger partial charge in [0.2, 0.25) is 0 Å². The fraction of sp³-hybridized carbons (Fsp3) is 0. The van der Waals surface area contributed by atoms with Gasteiger partial charge in [0.25, 0.3) is 0 Å². The van der Waals surface area contributed by atoms with Crippen LogP contribution in [0.1, 0.15) is 0 Å². The van der Waals surface area contributed by atoms with Gasteiger partial charge in [0.15, 0.2) is 0 Å². The van der Waals surface area contributed by atoms with Gasteiger partial charge in [0.1, 0.15) is 0 Å². The summed E-state index contributed by atoms with van der Waals surface area (Å²) in [5.74, 6) is 0. The summed E-state index contributed by atoms with van der Waals surface area (Å²) in [6.07, 6.45) is 11.1. The van der Waals surface area contributed by atoms with Crippen LogP contribution < -0.4 is 0 Å². The van der Waals surface area contributed by atoms with Crippen molar-refractivity contribution in [3.8, 4) is 0 Å². The van der Waals surface area contributed by atoms with E-state index in [0.29, 0.717) is 0 Å². The maximum absolute atomic E-state index is 2.64. The molecule has 0 bridgehead atoms. The third-order valence-electron chi connectivity index (χ3n) is 13.7. The Labute approximate surface area is 295 Å². The molecule has 0 heterocycles. The van der Waals surface area contributed by atoms with Crippen molar-refractivity contribution in [1.29, 1.82) is 0 Å². The third-order valence-corrected chi connectivity index (χ3v) is 13.7. The maximum Gasteiger partial charge on any atom is 0.0594 e. The average molecular weight is 498 g/mol. The Hall–Kier alpha value is 2.73. The van der Waals surface area contributed by atoms with E-state index in [-0.39, 0.29) is 0 Å². The van der Waals surface area contributed by atoms with Crippen molar-refractivity contribution in [2.75, 3.05) is 0 Å². The van der Waals surface area contributed by atoms with Gasteiger partial charge in [-0.25, -0.2) is 0 Å². The minimum absolute atomic E-state index is 0.812.